The molecule has 0 aliphatic rings. The van der Waals surface area contributed by atoms with E-state index >= 15 is 0 Å². The van der Waals surface area contributed by atoms with Gasteiger partial charge >= 0.3 is 0 Å². The lowest BCUT2D eigenvalue weighted by atomic mass is 10.5. The summed E-state index contributed by atoms with van der Waals surface area (Å²) in [6.45, 7) is 0. The average molecular weight is 125 g/mol. The average Bonchev–Trinajstić information content (AvgIpc) is 1.80. The number of nitrogens with two attached hydrogens (primary N) is 1. The summed E-state index contributed by atoms with van der Waals surface area (Å²) in [5.41, 5.74) is 5.09. The van der Waals surface area contributed by atoms with Crippen molar-refractivity contribution in [1.82, 2.24) is 0 Å². The van der Waals surface area contributed by atoms with Crippen molar-refractivity contribution in [2.45, 2.75) is 0 Å². The van der Waals surface area contributed by atoms with E-state index in [2.05, 4.69) is 0 Å². The van der Waals surface area contributed by atoms with Crippen LogP contribution in [-0.2, 0) is 0 Å². The standard InChI is InChI=1S/C7H12N2/c1-9(2)7-5-3-4-6-8/h3-8H,1-2H3/p+1. The van der Waals surface area contributed by atoms with Crippen molar-refractivity contribution in [1.29, 1.82) is 0 Å². The molecule has 0 fully saturated rings. The Morgan fingerprint density at radius 2 is 1.78 bits per heavy atom. The van der Waals surface area contributed by atoms with Crippen molar-refractivity contribution in [3.8, 4) is 0 Å². The van der Waals surface area contributed by atoms with E-state index in [1.807, 2.05) is 37.0 Å². The summed E-state index contributed by atoms with van der Waals surface area (Å²) in [6.07, 6.45) is 9.02. The van der Waals surface area contributed by atoms with Gasteiger partial charge in [0.2, 0.25) is 0 Å². The van der Waals surface area contributed by atoms with Crippen molar-refractivity contribution < 1.29 is 4.58 Å². The zero-order valence-corrected chi connectivity index (χ0v) is 5.91. The van der Waals surface area contributed by atoms with Crippen LogP contribution in [0, 0.1) is 0 Å². The second-order valence-corrected chi connectivity index (χ2v) is 1.88. The number of nitrogens with zero attached hydrogens (tertiary/aromatic N) is 1. The minimum absolute atomic E-state index is 1.50. The van der Waals surface area contributed by atoms with Crippen LogP contribution >= 0.6 is 0 Å². The van der Waals surface area contributed by atoms with Crippen LogP contribution in [0.2, 0.25) is 0 Å². The van der Waals surface area contributed by atoms with Crippen molar-refractivity contribution in [3.05, 3.63) is 24.4 Å². The lowest BCUT2D eigenvalue weighted by Gasteiger charge is -1.76. The van der Waals surface area contributed by atoms with E-state index in [9.17, 15) is 0 Å². The zero-order valence-electron chi connectivity index (χ0n) is 5.91. The predicted molar refractivity (Wildman–Crippen MR) is 40.6 cm³/mol. The van der Waals surface area contributed by atoms with Gasteiger partial charge in [-0.15, -0.1) is 0 Å². The van der Waals surface area contributed by atoms with Gasteiger partial charge in [-0.1, -0.05) is 6.08 Å². The molecule has 0 radical (unpaired) electrons. The molecule has 0 aromatic carbocycles. The molecule has 0 amide bonds. The summed E-state index contributed by atoms with van der Waals surface area (Å²) < 4.78 is 1.96. The maximum atomic E-state index is 5.09. The second-order valence-electron chi connectivity index (χ2n) is 1.88. The quantitative estimate of drug-likeness (QED) is 0.322. The Bertz CT molecular complexity index is 139. The van der Waals surface area contributed by atoms with E-state index in [0.717, 1.165) is 0 Å². The third-order valence-electron chi connectivity index (χ3n) is 0.718. The van der Waals surface area contributed by atoms with Gasteiger partial charge in [0.05, 0.1) is 0 Å². The largest absolute Gasteiger partial charge is 0.405 e. The monoisotopic (exact) mass is 125 g/mol. The molecule has 0 atom stereocenters. The summed E-state index contributed by atoms with van der Waals surface area (Å²) in [5.74, 6) is 0. The highest BCUT2D eigenvalue weighted by Crippen LogP contribution is 1.68. The summed E-state index contributed by atoms with van der Waals surface area (Å²) >= 11 is 0. The van der Waals surface area contributed by atoms with Gasteiger partial charge in [-0.2, -0.15) is 0 Å². The van der Waals surface area contributed by atoms with E-state index in [1.54, 1.807) is 6.08 Å². The topological polar surface area (TPSA) is 29.0 Å². The van der Waals surface area contributed by atoms with Crippen LogP contribution in [0.3, 0.4) is 0 Å². The van der Waals surface area contributed by atoms with Crippen LogP contribution in [0.1, 0.15) is 0 Å². The minimum atomic E-state index is 1.50. The van der Waals surface area contributed by atoms with Gasteiger partial charge in [0.25, 0.3) is 0 Å². The number of hydrogen-bond donors (Lipinski definition) is 1. The molecule has 0 aliphatic heterocycles. The number of allylic oxidation sites excluding steroid dienone is 3. The molecule has 0 aliphatic carbocycles. The molecule has 0 saturated heterocycles. The molecule has 0 bridgehead atoms. The molecule has 0 aromatic rings. The van der Waals surface area contributed by atoms with E-state index < -0.39 is 0 Å². The minimum Gasteiger partial charge on any atom is -0.405 e. The van der Waals surface area contributed by atoms with Crippen LogP contribution < -0.4 is 5.73 Å². The molecule has 2 N–H and O–H groups in total. The first-order chi connectivity index (χ1) is 4.27. The molecular weight excluding hydrogens is 112 g/mol. The summed E-state index contributed by atoms with van der Waals surface area (Å²) in [7, 11) is 3.94. The molecule has 50 valence electrons. The Balaban J connectivity index is 3.60. The molecule has 0 aromatic heterocycles. The molecule has 2 nitrogen and oxygen atoms in total. The predicted octanol–water partition coefficient (Wildman–Crippen LogP) is 0.358. The Hall–Kier alpha value is -1.05. The lowest BCUT2D eigenvalue weighted by Crippen LogP contribution is -1.94. The Morgan fingerprint density at radius 3 is 2.22 bits per heavy atom. The zero-order chi connectivity index (χ0) is 7.11. The summed E-state index contributed by atoms with van der Waals surface area (Å²) in [6, 6.07) is 0. The molecule has 0 saturated carbocycles. The van der Waals surface area contributed by atoms with Crippen molar-refractivity contribution in [3.63, 3.8) is 0 Å². The third kappa shape index (κ3) is 6.95. The molecule has 0 rings (SSSR count). The van der Waals surface area contributed by atoms with Crippen molar-refractivity contribution in [2.75, 3.05) is 14.1 Å². The van der Waals surface area contributed by atoms with Gasteiger partial charge in [0, 0.05) is 6.08 Å². The van der Waals surface area contributed by atoms with Crippen molar-refractivity contribution >= 4 is 6.21 Å². The first kappa shape index (κ1) is 7.95. The van der Waals surface area contributed by atoms with Crippen LogP contribution in [0.5, 0.6) is 0 Å². The molecule has 0 spiro atoms. The fourth-order valence-electron chi connectivity index (χ4n) is 0.350. The number of rotatable bonds is 2. The first-order valence-electron chi connectivity index (χ1n) is 2.82. The SMILES string of the molecule is C[N+](C)=C/C=C/C=C/N. The maximum Gasteiger partial charge on any atom is 0.162 e. The van der Waals surface area contributed by atoms with E-state index in [4.69, 9.17) is 5.73 Å². The van der Waals surface area contributed by atoms with Gasteiger partial charge in [-0.25, -0.2) is 4.58 Å². The highest BCUT2D eigenvalue weighted by Gasteiger charge is 1.71. The van der Waals surface area contributed by atoms with E-state index in [0.29, 0.717) is 0 Å². The Morgan fingerprint density at radius 1 is 1.11 bits per heavy atom. The summed E-state index contributed by atoms with van der Waals surface area (Å²) in [4.78, 5) is 0. The van der Waals surface area contributed by atoms with Crippen LogP contribution in [0.25, 0.3) is 0 Å². The normalized spacial score (nSPS) is 10.9. The van der Waals surface area contributed by atoms with Crippen LogP contribution in [0.15, 0.2) is 24.4 Å². The number of hydrogen-bond acceptors (Lipinski definition) is 1. The molecule has 9 heavy (non-hydrogen) atoms. The smallest absolute Gasteiger partial charge is 0.162 e. The van der Waals surface area contributed by atoms with Crippen molar-refractivity contribution in [2.24, 2.45) is 5.73 Å². The molecule has 2 heteroatoms. The second kappa shape index (κ2) is 5.09. The van der Waals surface area contributed by atoms with Crippen LogP contribution in [0.4, 0.5) is 0 Å². The maximum absolute atomic E-state index is 5.09. The highest BCUT2D eigenvalue weighted by atomic mass is 14.9. The fraction of sp³-hybridized carbons (Fsp3) is 0.286. The Kier molecular flexibility index (Phi) is 4.50. The van der Waals surface area contributed by atoms with E-state index in [-0.39, 0.29) is 0 Å². The fourth-order valence-corrected chi connectivity index (χ4v) is 0.350. The molecule has 0 unspecified atom stereocenters. The van der Waals surface area contributed by atoms with Crippen LogP contribution in [-0.4, -0.2) is 24.9 Å². The Labute approximate surface area is 56.0 Å². The molecule has 0 heterocycles. The third-order valence-corrected chi connectivity index (χ3v) is 0.718. The van der Waals surface area contributed by atoms with E-state index in [1.165, 1.54) is 6.20 Å². The van der Waals surface area contributed by atoms with Gasteiger partial charge in [0.1, 0.15) is 14.1 Å². The summed E-state index contributed by atoms with van der Waals surface area (Å²) in [5, 5.41) is 0. The first-order valence-corrected chi connectivity index (χ1v) is 2.82. The van der Waals surface area contributed by atoms with Gasteiger partial charge in [0.15, 0.2) is 6.21 Å². The highest BCUT2D eigenvalue weighted by molar-refractivity contribution is 5.66. The lowest BCUT2D eigenvalue weighted by molar-refractivity contribution is -0.458. The van der Waals surface area contributed by atoms with Gasteiger partial charge in [-0.05, 0) is 12.3 Å². The van der Waals surface area contributed by atoms with Gasteiger partial charge in [-0.3, -0.25) is 0 Å². The van der Waals surface area contributed by atoms with Gasteiger partial charge < -0.3 is 5.73 Å². The molecular formula is C7H13N2+.